The predicted molar refractivity (Wildman–Crippen MR) is 71.0 cm³/mol. The number of nitrogens with one attached hydrogen (secondary N) is 1. The summed E-state index contributed by atoms with van der Waals surface area (Å²) in [5.41, 5.74) is 1.63. The molecule has 0 heterocycles. The lowest BCUT2D eigenvalue weighted by atomic mass is 9.83. The third-order valence-corrected chi connectivity index (χ3v) is 3.18. The highest BCUT2D eigenvalue weighted by Gasteiger charge is 2.20. The molecule has 2 N–H and O–H groups in total. The normalized spacial score (nSPS) is 14.3. The SMILES string of the molecule is O=C(CC1CCC1)Nc1ccc(C#CCO)cc1. The molecule has 1 aliphatic rings. The molecule has 3 heteroatoms. The summed E-state index contributed by atoms with van der Waals surface area (Å²) in [6.45, 7) is -0.139. The zero-order valence-electron chi connectivity index (χ0n) is 10.3. The molecule has 0 bridgehead atoms. The van der Waals surface area contributed by atoms with Crippen LogP contribution in [0.15, 0.2) is 24.3 Å². The molecule has 0 unspecified atom stereocenters. The average molecular weight is 243 g/mol. The van der Waals surface area contributed by atoms with Gasteiger partial charge in [-0.25, -0.2) is 0 Å². The molecule has 0 aliphatic heterocycles. The minimum absolute atomic E-state index is 0.0916. The number of anilines is 1. The summed E-state index contributed by atoms with van der Waals surface area (Å²) in [7, 11) is 0. The van der Waals surface area contributed by atoms with E-state index in [1.807, 2.05) is 24.3 Å². The fourth-order valence-electron chi connectivity index (χ4n) is 1.95. The molecule has 0 radical (unpaired) electrons. The van der Waals surface area contributed by atoms with Gasteiger partial charge in [-0.3, -0.25) is 4.79 Å². The van der Waals surface area contributed by atoms with Crippen LogP contribution in [0, 0.1) is 17.8 Å². The third kappa shape index (κ3) is 3.61. The zero-order valence-corrected chi connectivity index (χ0v) is 10.3. The average Bonchev–Trinajstić information content (AvgIpc) is 2.33. The van der Waals surface area contributed by atoms with Gasteiger partial charge in [0.1, 0.15) is 6.61 Å². The molecule has 0 aromatic heterocycles. The Balaban J connectivity index is 1.87. The van der Waals surface area contributed by atoms with Gasteiger partial charge >= 0.3 is 0 Å². The van der Waals surface area contributed by atoms with Gasteiger partial charge in [-0.2, -0.15) is 0 Å². The Labute approximate surface area is 107 Å². The number of carbonyl (C=O) groups is 1. The number of aliphatic hydroxyl groups excluding tert-OH is 1. The van der Waals surface area contributed by atoms with Crippen molar-refractivity contribution in [3.63, 3.8) is 0 Å². The van der Waals surface area contributed by atoms with Crippen LogP contribution < -0.4 is 5.32 Å². The highest BCUT2D eigenvalue weighted by molar-refractivity contribution is 5.90. The van der Waals surface area contributed by atoms with E-state index in [1.54, 1.807) is 0 Å². The predicted octanol–water partition coefficient (Wildman–Crippen LogP) is 2.16. The monoisotopic (exact) mass is 243 g/mol. The van der Waals surface area contributed by atoms with Crippen molar-refractivity contribution in [1.82, 2.24) is 0 Å². The van der Waals surface area contributed by atoms with Gasteiger partial charge in [-0.1, -0.05) is 18.3 Å². The van der Waals surface area contributed by atoms with Crippen molar-refractivity contribution >= 4 is 11.6 Å². The number of hydrogen-bond acceptors (Lipinski definition) is 2. The van der Waals surface area contributed by atoms with E-state index in [2.05, 4.69) is 17.2 Å². The zero-order chi connectivity index (χ0) is 12.8. The number of aliphatic hydroxyl groups is 1. The summed E-state index contributed by atoms with van der Waals surface area (Å²) in [4.78, 5) is 11.7. The van der Waals surface area contributed by atoms with Crippen molar-refractivity contribution in [3.05, 3.63) is 29.8 Å². The maximum Gasteiger partial charge on any atom is 0.224 e. The van der Waals surface area contributed by atoms with Crippen molar-refractivity contribution in [2.24, 2.45) is 5.92 Å². The Bertz CT molecular complexity index is 464. The summed E-state index contributed by atoms with van der Waals surface area (Å²) >= 11 is 0. The van der Waals surface area contributed by atoms with Crippen LogP contribution in [-0.4, -0.2) is 17.6 Å². The van der Waals surface area contributed by atoms with Crippen LogP contribution in [0.3, 0.4) is 0 Å². The van der Waals surface area contributed by atoms with E-state index in [0.29, 0.717) is 12.3 Å². The molecule has 0 atom stereocenters. The van der Waals surface area contributed by atoms with Gasteiger partial charge in [0.15, 0.2) is 0 Å². The maximum absolute atomic E-state index is 11.7. The Morgan fingerprint density at radius 2 is 2.06 bits per heavy atom. The summed E-state index contributed by atoms with van der Waals surface area (Å²) in [6.07, 6.45) is 4.26. The molecular weight excluding hydrogens is 226 g/mol. The van der Waals surface area contributed by atoms with E-state index in [0.717, 1.165) is 11.3 Å². The maximum atomic E-state index is 11.7. The molecule has 1 saturated carbocycles. The second-order valence-corrected chi connectivity index (χ2v) is 4.59. The Hall–Kier alpha value is -1.79. The van der Waals surface area contributed by atoms with Crippen molar-refractivity contribution < 1.29 is 9.90 Å². The van der Waals surface area contributed by atoms with E-state index >= 15 is 0 Å². The molecule has 1 aliphatic carbocycles. The fraction of sp³-hybridized carbons (Fsp3) is 0.400. The quantitative estimate of drug-likeness (QED) is 0.799. The topological polar surface area (TPSA) is 49.3 Å². The van der Waals surface area contributed by atoms with Crippen LogP contribution in [-0.2, 0) is 4.79 Å². The number of carbonyl (C=O) groups excluding carboxylic acids is 1. The third-order valence-electron chi connectivity index (χ3n) is 3.18. The number of benzene rings is 1. The van der Waals surface area contributed by atoms with E-state index in [9.17, 15) is 4.79 Å². The molecule has 1 aromatic carbocycles. The van der Waals surface area contributed by atoms with Gasteiger partial charge < -0.3 is 10.4 Å². The molecule has 1 fully saturated rings. The highest BCUT2D eigenvalue weighted by Crippen LogP contribution is 2.29. The van der Waals surface area contributed by atoms with Crippen LogP contribution in [0.25, 0.3) is 0 Å². The van der Waals surface area contributed by atoms with Crippen LogP contribution in [0.5, 0.6) is 0 Å². The van der Waals surface area contributed by atoms with Crippen molar-refractivity contribution in [3.8, 4) is 11.8 Å². The van der Waals surface area contributed by atoms with E-state index < -0.39 is 0 Å². The van der Waals surface area contributed by atoms with Gasteiger partial charge in [0.05, 0.1) is 0 Å². The first kappa shape index (κ1) is 12.7. The minimum atomic E-state index is -0.139. The Kier molecular flexibility index (Phi) is 4.38. The van der Waals surface area contributed by atoms with E-state index in [-0.39, 0.29) is 12.5 Å². The first-order valence-corrected chi connectivity index (χ1v) is 6.27. The van der Waals surface area contributed by atoms with Gasteiger partial charge in [-0.05, 0) is 43.0 Å². The smallest absolute Gasteiger partial charge is 0.224 e. The molecule has 1 amide bonds. The van der Waals surface area contributed by atoms with Gasteiger partial charge in [0.25, 0.3) is 0 Å². The second-order valence-electron chi connectivity index (χ2n) is 4.59. The van der Waals surface area contributed by atoms with Crippen molar-refractivity contribution in [1.29, 1.82) is 0 Å². The Morgan fingerprint density at radius 3 is 2.61 bits per heavy atom. The molecule has 2 rings (SSSR count). The highest BCUT2D eigenvalue weighted by atomic mass is 16.2. The summed E-state index contributed by atoms with van der Waals surface area (Å²) in [5, 5.41) is 11.5. The molecule has 1 aromatic rings. The van der Waals surface area contributed by atoms with Crippen molar-refractivity contribution in [2.45, 2.75) is 25.7 Å². The largest absolute Gasteiger partial charge is 0.384 e. The van der Waals surface area contributed by atoms with Crippen LogP contribution in [0.1, 0.15) is 31.2 Å². The number of hydrogen-bond donors (Lipinski definition) is 2. The minimum Gasteiger partial charge on any atom is -0.384 e. The summed E-state index contributed by atoms with van der Waals surface area (Å²) < 4.78 is 0. The Morgan fingerprint density at radius 1 is 1.33 bits per heavy atom. The molecular formula is C15H17NO2. The van der Waals surface area contributed by atoms with Gasteiger partial charge in [0.2, 0.25) is 5.91 Å². The summed E-state index contributed by atoms with van der Waals surface area (Å²) in [6, 6.07) is 7.34. The second kappa shape index (κ2) is 6.23. The van der Waals surface area contributed by atoms with Gasteiger partial charge in [0, 0.05) is 17.7 Å². The molecule has 0 saturated heterocycles. The lowest BCUT2D eigenvalue weighted by molar-refractivity contribution is -0.117. The number of rotatable bonds is 3. The number of amides is 1. The van der Waals surface area contributed by atoms with Crippen LogP contribution in [0.4, 0.5) is 5.69 Å². The first-order chi connectivity index (χ1) is 8.78. The molecule has 94 valence electrons. The first-order valence-electron chi connectivity index (χ1n) is 6.27. The van der Waals surface area contributed by atoms with E-state index in [4.69, 9.17) is 5.11 Å². The molecule has 0 spiro atoms. The summed E-state index contributed by atoms with van der Waals surface area (Å²) in [5.74, 6) is 6.07. The van der Waals surface area contributed by atoms with E-state index in [1.165, 1.54) is 19.3 Å². The lowest BCUT2D eigenvalue weighted by Gasteiger charge is -2.24. The van der Waals surface area contributed by atoms with Crippen LogP contribution in [0.2, 0.25) is 0 Å². The fourth-order valence-corrected chi connectivity index (χ4v) is 1.95. The molecule has 3 nitrogen and oxygen atoms in total. The molecule has 18 heavy (non-hydrogen) atoms. The van der Waals surface area contributed by atoms with Crippen LogP contribution >= 0.6 is 0 Å². The van der Waals surface area contributed by atoms with Crippen molar-refractivity contribution in [2.75, 3.05) is 11.9 Å². The van der Waals surface area contributed by atoms with Gasteiger partial charge in [-0.15, -0.1) is 0 Å². The lowest BCUT2D eigenvalue weighted by Crippen LogP contribution is -2.20. The standard InChI is InChI=1S/C15H17NO2/c17-10-2-5-12-6-8-14(9-7-12)16-15(18)11-13-3-1-4-13/h6-9,13,17H,1,3-4,10-11H2,(H,16,18).